The maximum absolute atomic E-state index is 9.95. The van der Waals surface area contributed by atoms with E-state index in [1.807, 2.05) is 6.08 Å². The summed E-state index contributed by atoms with van der Waals surface area (Å²) in [7, 11) is 0. The predicted molar refractivity (Wildman–Crippen MR) is 55.7 cm³/mol. The SMILES string of the molecule is C=CCCCN1CC(O)(C(C)C)C1. The molecule has 0 aromatic heterocycles. The molecule has 1 heterocycles. The van der Waals surface area contributed by atoms with Gasteiger partial charge >= 0.3 is 0 Å². The van der Waals surface area contributed by atoms with Crippen LogP contribution >= 0.6 is 0 Å². The second-order valence-electron chi connectivity index (χ2n) is 4.40. The summed E-state index contributed by atoms with van der Waals surface area (Å²) < 4.78 is 0. The lowest BCUT2D eigenvalue weighted by molar-refractivity contribution is -0.127. The number of β-amino-alcohol motifs (C(OH)–C–C–N with tert-alkyl or cyclic N) is 1. The van der Waals surface area contributed by atoms with Crippen molar-refractivity contribution in [3.05, 3.63) is 12.7 Å². The first kappa shape index (κ1) is 10.7. The number of likely N-dealkylation sites (tertiary alicyclic amines) is 1. The van der Waals surface area contributed by atoms with Gasteiger partial charge in [-0.2, -0.15) is 0 Å². The van der Waals surface area contributed by atoms with E-state index in [1.165, 1.54) is 0 Å². The molecule has 0 saturated carbocycles. The second kappa shape index (κ2) is 4.25. The van der Waals surface area contributed by atoms with Crippen LogP contribution < -0.4 is 0 Å². The van der Waals surface area contributed by atoms with E-state index in [4.69, 9.17) is 0 Å². The lowest BCUT2D eigenvalue weighted by Gasteiger charge is -2.49. The van der Waals surface area contributed by atoms with Crippen LogP contribution in [0.3, 0.4) is 0 Å². The summed E-state index contributed by atoms with van der Waals surface area (Å²) in [5.41, 5.74) is -0.409. The first-order chi connectivity index (χ1) is 6.08. The standard InChI is InChI=1S/C11H21NO/c1-4-5-6-7-12-8-11(13,9-12)10(2)3/h4,10,13H,1,5-9H2,2-3H3. The molecular formula is C11H21NO. The van der Waals surface area contributed by atoms with Crippen LogP contribution in [0.4, 0.5) is 0 Å². The van der Waals surface area contributed by atoms with E-state index >= 15 is 0 Å². The number of allylic oxidation sites excluding steroid dienone is 1. The number of hydrogen-bond donors (Lipinski definition) is 1. The van der Waals surface area contributed by atoms with Gasteiger partial charge in [0.05, 0.1) is 5.60 Å². The van der Waals surface area contributed by atoms with Gasteiger partial charge in [0.2, 0.25) is 0 Å². The highest BCUT2D eigenvalue weighted by Gasteiger charge is 2.42. The molecule has 0 bridgehead atoms. The third-order valence-corrected chi connectivity index (χ3v) is 2.95. The second-order valence-corrected chi connectivity index (χ2v) is 4.40. The van der Waals surface area contributed by atoms with Gasteiger partial charge in [-0.3, -0.25) is 4.90 Å². The van der Waals surface area contributed by atoms with Crippen molar-refractivity contribution in [1.82, 2.24) is 4.90 Å². The molecule has 0 atom stereocenters. The average molecular weight is 183 g/mol. The monoisotopic (exact) mass is 183 g/mol. The van der Waals surface area contributed by atoms with E-state index in [0.29, 0.717) is 5.92 Å². The van der Waals surface area contributed by atoms with E-state index in [2.05, 4.69) is 25.3 Å². The smallest absolute Gasteiger partial charge is 0.0922 e. The van der Waals surface area contributed by atoms with Crippen LogP contribution in [0, 0.1) is 5.92 Å². The molecule has 2 nitrogen and oxygen atoms in total. The van der Waals surface area contributed by atoms with E-state index in [9.17, 15) is 5.11 Å². The van der Waals surface area contributed by atoms with Crippen molar-refractivity contribution >= 4 is 0 Å². The lowest BCUT2D eigenvalue weighted by Crippen LogP contribution is -2.64. The van der Waals surface area contributed by atoms with Gasteiger partial charge in [0, 0.05) is 13.1 Å². The molecule has 0 spiro atoms. The van der Waals surface area contributed by atoms with Crippen molar-refractivity contribution in [3.8, 4) is 0 Å². The summed E-state index contributed by atoms with van der Waals surface area (Å²) in [4.78, 5) is 2.31. The third kappa shape index (κ3) is 2.55. The van der Waals surface area contributed by atoms with Crippen molar-refractivity contribution < 1.29 is 5.11 Å². The lowest BCUT2D eigenvalue weighted by atomic mass is 9.83. The molecule has 1 N–H and O–H groups in total. The minimum atomic E-state index is -0.409. The minimum Gasteiger partial charge on any atom is -0.387 e. The van der Waals surface area contributed by atoms with Crippen LogP contribution in [0.25, 0.3) is 0 Å². The van der Waals surface area contributed by atoms with E-state index < -0.39 is 5.60 Å². The molecule has 0 aromatic carbocycles. The van der Waals surface area contributed by atoms with Gasteiger partial charge in [-0.05, 0) is 25.3 Å². The number of aliphatic hydroxyl groups is 1. The molecule has 0 radical (unpaired) electrons. The molecule has 0 aromatic rings. The molecule has 1 fully saturated rings. The van der Waals surface area contributed by atoms with Gasteiger partial charge < -0.3 is 5.11 Å². The Hall–Kier alpha value is -0.340. The Balaban J connectivity index is 2.14. The number of hydrogen-bond acceptors (Lipinski definition) is 2. The van der Waals surface area contributed by atoms with Gasteiger partial charge in [0.1, 0.15) is 0 Å². The summed E-state index contributed by atoms with van der Waals surface area (Å²) >= 11 is 0. The summed E-state index contributed by atoms with van der Waals surface area (Å²) in [6, 6.07) is 0. The third-order valence-electron chi connectivity index (χ3n) is 2.95. The van der Waals surface area contributed by atoms with E-state index in [-0.39, 0.29) is 0 Å². The largest absolute Gasteiger partial charge is 0.387 e. The molecule has 0 aliphatic carbocycles. The van der Waals surface area contributed by atoms with Gasteiger partial charge in [-0.15, -0.1) is 6.58 Å². The van der Waals surface area contributed by atoms with Crippen LogP contribution in [0.2, 0.25) is 0 Å². The fourth-order valence-electron chi connectivity index (χ4n) is 1.71. The number of unbranched alkanes of at least 4 members (excludes halogenated alkanes) is 1. The summed E-state index contributed by atoms with van der Waals surface area (Å²) in [6.07, 6.45) is 4.20. The van der Waals surface area contributed by atoms with Gasteiger partial charge in [-0.25, -0.2) is 0 Å². The van der Waals surface area contributed by atoms with Crippen molar-refractivity contribution in [2.24, 2.45) is 5.92 Å². The first-order valence-corrected chi connectivity index (χ1v) is 5.14. The Morgan fingerprint density at radius 2 is 2.15 bits per heavy atom. The minimum absolute atomic E-state index is 0.378. The Bertz CT molecular complexity index is 171. The highest BCUT2D eigenvalue weighted by Crippen LogP contribution is 2.28. The fourth-order valence-corrected chi connectivity index (χ4v) is 1.71. The highest BCUT2D eigenvalue weighted by molar-refractivity contribution is 4.97. The zero-order valence-corrected chi connectivity index (χ0v) is 8.79. The maximum Gasteiger partial charge on any atom is 0.0922 e. The normalized spacial score (nSPS) is 21.5. The fraction of sp³-hybridized carbons (Fsp3) is 0.818. The first-order valence-electron chi connectivity index (χ1n) is 5.14. The molecule has 0 unspecified atom stereocenters. The topological polar surface area (TPSA) is 23.5 Å². The Morgan fingerprint density at radius 1 is 1.54 bits per heavy atom. The molecule has 1 saturated heterocycles. The zero-order valence-electron chi connectivity index (χ0n) is 8.79. The number of nitrogens with zero attached hydrogens (tertiary/aromatic N) is 1. The van der Waals surface area contributed by atoms with Crippen molar-refractivity contribution in [2.75, 3.05) is 19.6 Å². The summed E-state index contributed by atoms with van der Waals surface area (Å²) in [5.74, 6) is 0.378. The van der Waals surface area contributed by atoms with E-state index in [1.54, 1.807) is 0 Å². The van der Waals surface area contributed by atoms with Crippen molar-refractivity contribution in [1.29, 1.82) is 0 Å². The molecule has 76 valence electrons. The highest BCUT2D eigenvalue weighted by atomic mass is 16.3. The predicted octanol–water partition coefficient (Wildman–Crippen LogP) is 1.66. The molecular weight excluding hydrogens is 162 g/mol. The van der Waals surface area contributed by atoms with Gasteiger partial charge in [0.15, 0.2) is 0 Å². The van der Waals surface area contributed by atoms with Crippen LogP contribution in [0.1, 0.15) is 26.7 Å². The molecule has 0 amide bonds. The average Bonchev–Trinajstić information content (AvgIpc) is 2.01. The van der Waals surface area contributed by atoms with E-state index in [0.717, 1.165) is 32.5 Å². The Morgan fingerprint density at radius 3 is 2.62 bits per heavy atom. The molecule has 1 aliphatic heterocycles. The van der Waals surface area contributed by atoms with Gasteiger partial charge in [0.25, 0.3) is 0 Å². The maximum atomic E-state index is 9.95. The van der Waals surface area contributed by atoms with Crippen LogP contribution in [-0.2, 0) is 0 Å². The molecule has 13 heavy (non-hydrogen) atoms. The van der Waals surface area contributed by atoms with Crippen molar-refractivity contribution in [2.45, 2.75) is 32.3 Å². The van der Waals surface area contributed by atoms with Crippen molar-refractivity contribution in [3.63, 3.8) is 0 Å². The Kier molecular flexibility index (Phi) is 3.51. The quantitative estimate of drug-likeness (QED) is 0.517. The zero-order chi connectivity index (χ0) is 9.90. The van der Waals surface area contributed by atoms with Crippen LogP contribution in [-0.4, -0.2) is 35.2 Å². The molecule has 1 rings (SSSR count). The molecule has 1 aliphatic rings. The summed E-state index contributed by atoms with van der Waals surface area (Å²) in [5, 5.41) is 9.95. The summed E-state index contributed by atoms with van der Waals surface area (Å²) in [6.45, 7) is 10.7. The van der Waals surface area contributed by atoms with Crippen LogP contribution in [0.15, 0.2) is 12.7 Å². The molecule has 2 heteroatoms. The Labute approximate surface area is 81.2 Å². The van der Waals surface area contributed by atoms with Gasteiger partial charge in [-0.1, -0.05) is 19.9 Å². The number of rotatable bonds is 5. The van der Waals surface area contributed by atoms with Crippen LogP contribution in [0.5, 0.6) is 0 Å².